The van der Waals surface area contributed by atoms with Gasteiger partial charge in [0.05, 0.1) is 10.8 Å². The topological polar surface area (TPSA) is 69.7 Å². The zero-order chi connectivity index (χ0) is 15.0. The summed E-state index contributed by atoms with van der Waals surface area (Å²) in [6.45, 7) is 0. The number of alkyl halides is 1. The van der Waals surface area contributed by atoms with E-state index in [1.807, 2.05) is 5.38 Å². The number of rotatable bonds is 4. The lowest BCUT2D eigenvalue weighted by molar-refractivity contribution is -0.387. The largest absolute Gasteiger partial charge is 0.437 e. The van der Waals surface area contributed by atoms with Crippen LogP contribution in [0.5, 0.6) is 11.6 Å². The third-order valence-corrected chi connectivity index (χ3v) is 3.79. The number of thiazole rings is 1. The molecule has 0 atom stereocenters. The highest BCUT2D eigenvalue weighted by Gasteiger charge is 2.18. The summed E-state index contributed by atoms with van der Waals surface area (Å²) in [7, 11) is 0. The van der Waals surface area contributed by atoms with E-state index < -0.39 is 16.4 Å². The van der Waals surface area contributed by atoms with Crippen molar-refractivity contribution >= 4 is 33.6 Å². The second-order valence-corrected chi connectivity index (χ2v) is 5.17. The third-order valence-electron chi connectivity index (χ3n) is 2.78. The first-order chi connectivity index (χ1) is 10.1. The Morgan fingerprint density at radius 3 is 3.00 bits per heavy atom. The molecule has 2 heterocycles. The van der Waals surface area contributed by atoms with Crippen LogP contribution in [0.3, 0.4) is 0 Å². The number of fused-ring (bicyclic) bond motifs is 1. The number of aromatic nitrogens is 2. The molecule has 0 aliphatic carbocycles. The van der Waals surface area contributed by atoms with Crippen molar-refractivity contribution in [3.05, 3.63) is 51.4 Å². The molecular formula is C12H7ClFN3O3S. The predicted octanol–water partition coefficient (Wildman–Crippen LogP) is 3.97. The summed E-state index contributed by atoms with van der Waals surface area (Å²) in [6.07, 6.45) is 1.80. The molecule has 3 aromatic rings. The number of benzene rings is 1. The number of ether oxygens (including phenoxy) is 1. The van der Waals surface area contributed by atoms with Gasteiger partial charge in [0, 0.05) is 23.7 Å². The molecule has 0 saturated heterocycles. The van der Waals surface area contributed by atoms with E-state index in [9.17, 15) is 14.5 Å². The normalized spacial score (nSPS) is 11.0. The van der Waals surface area contributed by atoms with Crippen LogP contribution in [-0.4, -0.2) is 14.3 Å². The average Bonchev–Trinajstić information content (AvgIpc) is 2.98. The first-order valence-electron chi connectivity index (χ1n) is 5.72. The Bertz CT molecular complexity index is 832. The molecule has 0 aliphatic heterocycles. The Hall–Kier alpha value is -2.19. The zero-order valence-electron chi connectivity index (χ0n) is 10.3. The van der Waals surface area contributed by atoms with Gasteiger partial charge in [0.2, 0.25) is 11.7 Å². The van der Waals surface area contributed by atoms with Crippen LogP contribution >= 0.6 is 22.9 Å². The summed E-state index contributed by atoms with van der Waals surface area (Å²) >= 11 is 7.28. The van der Waals surface area contributed by atoms with Gasteiger partial charge in [-0.2, -0.15) is 9.37 Å². The molecule has 0 bridgehead atoms. The molecule has 6 nitrogen and oxygen atoms in total. The molecule has 3 rings (SSSR count). The van der Waals surface area contributed by atoms with E-state index in [-0.39, 0.29) is 17.5 Å². The number of hydrogen-bond donors (Lipinski definition) is 0. The van der Waals surface area contributed by atoms with Gasteiger partial charge in [0.1, 0.15) is 11.4 Å². The molecule has 2 aromatic heterocycles. The third kappa shape index (κ3) is 2.43. The van der Waals surface area contributed by atoms with Crippen molar-refractivity contribution in [2.75, 3.05) is 0 Å². The van der Waals surface area contributed by atoms with Crippen molar-refractivity contribution in [2.24, 2.45) is 0 Å². The van der Waals surface area contributed by atoms with E-state index in [1.54, 1.807) is 10.6 Å². The van der Waals surface area contributed by atoms with E-state index in [2.05, 4.69) is 4.98 Å². The van der Waals surface area contributed by atoms with Gasteiger partial charge in [0.15, 0.2) is 4.96 Å². The van der Waals surface area contributed by atoms with E-state index in [0.29, 0.717) is 10.7 Å². The van der Waals surface area contributed by atoms with Gasteiger partial charge < -0.3 is 4.74 Å². The van der Waals surface area contributed by atoms with Gasteiger partial charge in [-0.05, 0) is 6.07 Å². The summed E-state index contributed by atoms with van der Waals surface area (Å²) in [5.41, 5.74) is 0.0254. The molecule has 108 valence electrons. The van der Waals surface area contributed by atoms with Crippen LogP contribution in [0.25, 0.3) is 4.96 Å². The summed E-state index contributed by atoms with van der Waals surface area (Å²) in [5.74, 6) is -0.422. The monoisotopic (exact) mass is 327 g/mol. The Morgan fingerprint density at radius 1 is 1.52 bits per heavy atom. The molecule has 0 radical (unpaired) electrons. The number of nitro benzene ring substituents is 1. The lowest BCUT2D eigenvalue weighted by atomic mass is 10.3. The quantitative estimate of drug-likeness (QED) is 0.413. The fourth-order valence-electron chi connectivity index (χ4n) is 1.83. The number of imidazole rings is 1. The molecule has 0 fully saturated rings. The van der Waals surface area contributed by atoms with Crippen LogP contribution in [0.1, 0.15) is 5.69 Å². The van der Waals surface area contributed by atoms with Crippen molar-refractivity contribution < 1.29 is 14.1 Å². The molecule has 0 aliphatic rings. The van der Waals surface area contributed by atoms with Crippen molar-refractivity contribution in [1.29, 1.82) is 0 Å². The van der Waals surface area contributed by atoms with Gasteiger partial charge in [-0.3, -0.25) is 14.5 Å². The van der Waals surface area contributed by atoms with Gasteiger partial charge in [-0.1, -0.05) is 0 Å². The second-order valence-electron chi connectivity index (χ2n) is 4.03. The highest BCUT2D eigenvalue weighted by molar-refractivity contribution is 7.15. The van der Waals surface area contributed by atoms with Crippen molar-refractivity contribution in [1.82, 2.24) is 9.38 Å². The molecule has 21 heavy (non-hydrogen) atoms. The van der Waals surface area contributed by atoms with E-state index in [1.165, 1.54) is 17.4 Å². The zero-order valence-corrected chi connectivity index (χ0v) is 11.9. The molecule has 0 spiro atoms. The number of nitro groups is 1. The standard InChI is InChI=1S/C12H7ClFN3O3S/c13-6-10-11(15-12-16(10)3-4-21-12)20-7-1-2-9(17(18)19)8(14)5-7/h1-5H,6H2. The smallest absolute Gasteiger partial charge is 0.305 e. The SMILES string of the molecule is O=[N+]([O-])c1ccc(Oc2nc3sccn3c2CCl)cc1F. The van der Waals surface area contributed by atoms with Crippen LogP contribution in [0.2, 0.25) is 0 Å². The first-order valence-corrected chi connectivity index (χ1v) is 7.13. The van der Waals surface area contributed by atoms with Crippen LogP contribution < -0.4 is 4.74 Å². The maximum absolute atomic E-state index is 13.6. The lowest BCUT2D eigenvalue weighted by Crippen LogP contribution is -1.95. The maximum Gasteiger partial charge on any atom is 0.305 e. The summed E-state index contributed by atoms with van der Waals surface area (Å²) in [5, 5.41) is 12.4. The Kier molecular flexibility index (Phi) is 3.48. The summed E-state index contributed by atoms with van der Waals surface area (Å²) < 4.78 is 20.8. The molecule has 0 unspecified atom stereocenters. The molecule has 1 aromatic carbocycles. The first kappa shape index (κ1) is 13.8. The van der Waals surface area contributed by atoms with Crippen molar-refractivity contribution in [3.63, 3.8) is 0 Å². The summed E-state index contributed by atoms with van der Waals surface area (Å²) in [4.78, 5) is 14.7. The maximum atomic E-state index is 13.6. The highest BCUT2D eigenvalue weighted by atomic mass is 35.5. The molecular weight excluding hydrogens is 321 g/mol. The molecule has 0 saturated carbocycles. The second kappa shape index (κ2) is 5.30. The molecule has 0 amide bonds. The molecule has 9 heteroatoms. The predicted molar refractivity (Wildman–Crippen MR) is 75.8 cm³/mol. The van der Waals surface area contributed by atoms with Gasteiger partial charge in [-0.25, -0.2) is 0 Å². The average molecular weight is 328 g/mol. The lowest BCUT2D eigenvalue weighted by Gasteiger charge is -2.04. The fourth-order valence-corrected chi connectivity index (χ4v) is 2.79. The minimum absolute atomic E-state index is 0.121. The number of hydrogen-bond acceptors (Lipinski definition) is 5. The fraction of sp³-hybridized carbons (Fsp3) is 0.0833. The van der Waals surface area contributed by atoms with Crippen LogP contribution in [0, 0.1) is 15.9 Å². The Balaban J connectivity index is 1.96. The van der Waals surface area contributed by atoms with E-state index >= 15 is 0 Å². The minimum atomic E-state index is -0.967. The van der Waals surface area contributed by atoms with Crippen LogP contribution in [-0.2, 0) is 5.88 Å². The van der Waals surface area contributed by atoms with E-state index in [0.717, 1.165) is 12.1 Å². The van der Waals surface area contributed by atoms with Gasteiger partial charge >= 0.3 is 5.69 Å². The highest BCUT2D eigenvalue weighted by Crippen LogP contribution is 2.30. The van der Waals surface area contributed by atoms with E-state index in [4.69, 9.17) is 16.3 Å². The van der Waals surface area contributed by atoms with Crippen molar-refractivity contribution in [2.45, 2.75) is 5.88 Å². The van der Waals surface area contributed by atoms with Crippen LogP contribution in [0.4, 0.5) is 10.1 Å². The number of nitrogens with zero attached hydrogens (tertiary/aromatic N) is 3. The van der Waals surface area contributed by atoms with Gasteiger partial charge in [0.25, 0.3) is 0 Å². The molecule has 0 N–H and O–H groups in total. The Morgan fingerprint density at radius 2 is 2.33 bits per heavy atom. The van der Waals surface area contributed by atoms with Gasteiger partial charge in [-0.15, -0.1) is 22.9 Å². The minimum Gasteiger partial charge on any atom is -0.437 e. The Labute approximate surface area is 126 Å². The number of halogens is 2. The summed E-state index contributed by atoms with van der Waals surface area (Å²) in [6, 6.07) is 3.31. The van der Waals surface area contributed by atoms with Crippen LogP contribution in [0.15, 0.2) is 29.8 Å². The van der Waals surface area contributed by atoms with Crippen molar-refractivity contribution in [3.8, 4) is 11.6 Å².